The van der Waals surface area contributed by atoms with Crippen LogP contribution in [0.4, 0.5) is 0 Å². The van der Waals surface area contributed by atoms with Crippen molar-refractivity contribution in [3.05, 3.63) is 24.0 Å². The van der Waals surface area contributed by atoms with E-state index in [-0.39, 0.29) is 18.1 Å². The second kappa shape index (κ2) is 6.24. The number of likely N-dealkylation sites (tertiary alicyclic amines) is 1. The predicted octanol–water partition coefficient (Wildman–Crippen LogP) is 2.50. The summed E-state index contributed by atoms with van der Waals surface area (Å²) in [4.78, 5) is 14.5. The van der Waals surface area contributed by atoms with Crippen molar-refractivity contribution in [2.75, 3.05) is 13.7 Å². The molecule has 19 heavy (non-hydrogen) atoms. The zero-order valence-electron chi connectivity index (χ0n) is 12.1. The molecule has 0 aliphatic carbocycles. The molecule has 0 N–H and O–H groups in total. The largest absolute Gasteiger partial charge is 0.372 e. The standard InChI is InChI=1S/C15H24N2O2/c1-12(19-3)15(18)17-11-6-4-5-8-14(17)13-9-7-10-16(13)2/h7,9-10,12,14H,4-6,8,11H2,1-3H3/t12-,14-/m1/s1. The highest BCUT2D eigenvalue weighted by Crippen LogP contribution is 2.30. The maximum Gasteiger partial charge on any atom is 0.251 e. The van der Waals surface area contributed by atoms with Gasteiger partial charge in [0.2, 0.25) is 0 Å². The molecule has 1 aromatic heterocycles. The van der Waals surface area contributed by atoms with Crippen molar-refractivity contribution in [2.45, 2.75) is 44.8 Å². The van der Waals surface area contributed by atoms with Gasteiger partial charge in [-0.1, -0.05) is 12.8 Å². The molecule has 4 heteroatoms. The third-order valence-corrected chi connectivity index (χ3v) is 4.06. The molecule has 2 rings (SSSR count). The van der Waals surface area contributed by atoms with Crippen LogP contribution < -0.4 is 0 Å². The average Bonchev–Trinajstić information content (AvgIpc) is 2.70. The molecule has 1 saturated heterocycles. The summed E-state index contributed by atoms with van der Waals surface area (Å²) in [5, 5.41) is 0. The Morgan fingerprint density at radius 3 is 2.84 bits per heavy atom. The van der Waals surface area contributed by atoms with Crippen LogP contribution >= 0.6 is 0 Å². The van der Waals surface area contributed by atoms with Crippen molar-refractivity contribution in [3.63, 3.8) is 0 Å². The molecule has 4 nitrogen and oxygen atoms in total. The Morgan fingerprint density at radius 1 is 1.42 bits per heavy atom. The maximum atomic E-state index is 12.5. The maximum absolute atomic E-state index is 12.5. The Labute approximate surface area is 115 Å². The Kier molecular flexibility index (Phi) is 4.64. The van der Waals surface area contributed by atoms with Gasteiger partial charge in [0.1, 0.15) is 6.10 Å². The van der Waals surface area contributed by atoms with Crippen molar-refractivity contribution >= 4 is 5.91 Å². The number of ether oxygens (including phenoxy) is 1. The predicted molar refractivity (Wildman–Crippen MR) is 74.8 cm³/mol. The van der Waals surface area contributed by atoms with Crippen LogP contribution in [-0.4, -0.2) is 35.1 Å². The monoisotopic (exact) mass is 264 g/mol. The summed E-state index contributed by atoms with van der Waals surface area (Å²) in [6.07, 6.45) is 6.19. The van der Waals surface area contributed by atoms with Gasteiger partial charge in [0.25, 0.3) is 5.91 Å². The van der Waals surface area contributed by atoms with Gasteiger partial charge in [-0.05, 0) is 31.9 Å². The molecule has 0 spiro atoms. The molecule has 0 aromatic carbocycles. The van der Waals surface area contributed by atoms with Crippen molar-refractivity contribution in [1.82, 2.24) is 9.47 Å². The number of carbonyl (C=O) groups is 1. The van der Waals surface area contributed by atoms with Gasteiger partial charge in [-0.3, -0.25) is 4.79 Å². The van der Waals surface area contributed by atoms with Crippen molar-refractivity contribution in [1.29, 1.82) is 0 Å². The highest BCUT2D eigenvalue weighted by molar-refractivity contribution is 5.81. The van der Waals surface area contributed by atoms with E-state index in [2.05, 4.69) is 10.6 Å². The van der Waals surface area contributed by atoms with E-state index in [0.717, 1.165) is 19.4 Å². The molecule has 0 radical (unpaired) electrons. The minimum Gasteiger partial charge on any atom is -0.372 e. The molecule has 2 atom stereocenters. The summed E-state index contributed by atoms with van der Waals surface area (Å²) in [6, 6.07) is 4.35. The summed E-state index contributed by atoms with van der Waals surface area (Å²) >= 11 is 0. The summed E-state index contributed by atoms with van der Waals surface area (Å²) in [5.74, 6) is 0.107. The fourth-order valence-corrected chi connectivity index (χ4v) is 2.83. The van der Waals surface area contributed by atoms with Crippen LogP contribution in [0.15, 0.2) is 18.3 Å². The molecule has 2 heterocycles. The van der Waals surface area contributed by atoms with Crippen molar-refractivity contribution in [2.24, 2.45) is 7.05 Å². The number of aryl methyl sites for hydroxylation is 1. The van der Waals surface area contributed by atoms with E-state index in [4.69, 9.17) is 4.74 Å². The van der Waals surface area contributed by atoms with Crippen LogP contribution in [0, 0.1) is 0 Å². The third kappa shape index (κ3) is 3.00. The number of amides is 1. The molecular weight excluding hydrogens is 240 g/mol. The SMILES string of the molecule is CO[C@H](C)C(=O)N1CCCCC[C@@H]1c1cccn1C. The van der Waals surface area contributed by atoms with Gasteiger partial charge in [-0.15, -0.1) is 0 Å². The first-order chi connectivity index (χ1) is 9.15. The van der Waals surface area contributed by atoms with E-state index in [1.54, 1.807) is 7.11 Å². The minimum atomic E-state index is -0.360. The van der Waals surface area contributed by atoms with E-state index >= 15 is 0 Å². The van der Waals surface area contributed by atoms with Gasteiger partial charge in [-0.25, -0.2) is 0 Å². The van der Waals surface area contributed by atoms with Crippen molar-refractivity contribution < 1.29 is 9.53 Å². The van der Waals surface area contributed by atoms with Crippen LogP contribution in [-0.2, 0) is 16.6 Å². The Hall–Kier alpha value is -1.29. The summed E-state index contributed by atoms with van der Waals surface area (Å²) in [7, 11) is 3.64. The second-order valence-electron chi connectivity index (χ2n) is 5.32. The van der Waals surface area contributed by atoms with Crippen molar-refractivity contribution in [3.8, 4) is 0 Å². The lowest BCUT2D eigenvalue weighted by molar-refractivity contribution is -0.143. The number of methoxy groups -OCH3 is 1. The average molecular weight is 264 g/mol. The lowest BCUT2D eigenvalue weighted by Gasteiger charge is -2.32. The molecule has 0 saturated carbocycles. The van der Waals surface area contributed by atoms with E-state index < -0.39 is 0 Å². The Bertz CT molecular complexity index is 428. The summed E-state index contributed by atoms with van der Waals surface area (Å²) in [5.41, 5.74) is 1.22. The molecule has 106 valence electrons. The minimum absolute atomic E-state index is 0.107. The van der Waals surface area contributed by atoms with Gasteiger partial charge < -0.3 is 14.2 Å². The molecule has 0 unspecified atom stereocenters. The van der Waals surface area contributed by atoms with Gasteiger partial charge in [0.15, 0.2) is 0 Å². The number of rotatable bonds is 3. The molecule has 1 fully saturated rings. The van der Waals surface area contributed by atoms with Gasteiger partial charge >= 0.3 is 0 Å². The summed E-state index contributed by atoms with van der Waals surface area (Å²) in [6.45, 7) is 2.66. The van der Waals surface area contributed by atoms with Gasteiger partial charge in [0.05, 0.1) is 6.04 Å². The Balaban J connectivity index is 2.26. The zero-order chi connectivity index (χ0) is 13.8. The fourth-order valence-electron chi connectivity index (χ4n) is 2.83. The lowest BCUT2D eigenvalue weighted by atomic mass is 10.1. The second-order valence-corrected chi connectivity index (χ2v) is 5.32. The first-order valence-corrected chi connectivity index (χ1v) is 7.09. The van der Waals surface area contributed by atoms with E-state index in [9.17, 15) is 4.79 Å². The highest BCUT2D eigenvalue weighted by Gasteiger charge is 2.30. The first kappa shape index (κ1) is 14.1. The van der Waals surface area contributed by atoms with Crippen LogP contribution in [0.3, 0.4) is 0 Å². The van der Waals surface area contributed by atoms with Gasteiger partial charge in [-0.2, -0.15) is 0 Å². The van der Waals surface area contributed by atoms with E-state index in [0.29, 0.717) is 0 Å². The molecule has 1 aliphatic heterocycles. The van der Waals surface area contributed by atoms with Crippen LogP contribution in [0.25, 0.3) is 0 Å². The fraction of sp³-hybridized carbons (Fsp3) is 0.667. The van der Waals surface area contributed by atoms with E-state index in [1.165, 1.54) is 18.5 Å². The topological polar surface area (TPSA) is 34.5 Å². The quantitative estimate of drug-likeness (QED) is 0.840. The van der Waals surface area contributed by atoms with Crippen LogP contribution in [0.1, 0.15) is 44.3 Å². The molecule has 1 amide bonds. The normalized spacial score (nSPS) is 22.1. The summed E-state index contributed by atoms with van der Waals surface area (Å²) < 4.78 is 7.32. The third-order valence-electron chi connectivity index (χ3n) is 4.06. The smallest absolute Gasteiger partial charge is 0.251 e. The molecule has 1 aliphatic rings. The number of aromatic nitrogens is 1. The first-order valence-electron chi connectivity index (χ1n) is 7.09. The number of nitrogens with zero attached hydrogens (tertiary/aromatic N) is 2. The molecular formula is C15H24N2O2. The number of carbonyl (C=O) groups excluding carboxylic acids is 1. The highest BCUT2D eigenvalue weighted by atomic mass is 16.5. The molecule has 1 aromatic rings. The van der Waals surface area contributed by atoms with Crippen LogP contribution in [0.2, 0.25) is 0 Å². The number of hydrogen-bond donors (Lipinski definition) is 0. The van der Waals surface area contributed by atoms with E-state index in [1.807, 2.05) is 31.1 Å². The van der Waals surface area contributed by atoms with Gasteiger partial charge in [0, 0.05) is 32.6 Å². The lowest BCUT2D eigenvalue weighted by Crippen LogP contribution is -2.41. The van der Waals surface area contributed by atoms with Crippen LogP contribution in [0.5, 0.6) is 0 Å². The Morgan fingerprint density at radius 2 is 2.21 bits per heavy atom. The molecule has 0 bridgehead atoms. The zero-order valence-corrected chi connectivity index (χ0v) is 12.1. The number of hydrogen-bond acceptors (Lipinski definition) is 2.